The number of nitro groups is 1. The van der Waals surface area contributed by atoms with Crippen LogP contribution >= 0.6 is 11.3 Å². The number of rotatable bonds is 8. The van der Waals surface area contributed by atoms with E-state index in [0.717, 1.165) is 47.7 Å². The lowest BCUT2D eigenvalue weighted by molar-refractivity contribution is -0.384. The zero-order valence-corrected chi connectivity index (χ0v) is 17.0. The molecule has 1 amide bonds. The third-order valence-electron chi connectivity index (χ3n) is 4.78. The molecule has 3 rings (SSSR count). The van der Waals surface area contributed by atoms with Gasteiger partial charge in [-0.15, -0.1) is 0 Å². The number of carbonyl (C=O) groups excluding carboxylic acids is 1. The number of benzene rings is 1. The Morgan fingerprint density at radius 1 is 1.43 bits per heavy atom. The summed E-state index contributed by atoms with van der Waals surface area (Å²) < 4.78 is 6.29. The first-order valence-corrected chi connectivity index (χ1v) is 10.4. The molecule has 1 aromatic heterocycles. The molecule has 1 N–H and O–H groups in total. The van der Waals surface area contributed by atoms with Crippen LogP contribution in [0, 0.1) is 16.0 Å². The van der Waals surface area contributed by atoms with Crippen LogP contribution in [-0.2, 0) is 9.53 Å². The van der Waals surface area contributed by atoms with Crippen molar-refractivity contribution in [2.24, 2.45) is 5.92 Å². The van der Waals surface area contributed by atoms with E-state index in [1.54, 1.807) is 12.1 Å². The summed E-state index contributed by atoms with van der Waals surface area (Å²) in [6.45, 7) is 6.82. The highest BCUT2D eigenvalue weighted by Crippen LogP contribution is 2.33. The van der Waals surface area contributed by atoms with E-state index >= 15 is 0 Å². The topological polar surface area (TPSA) is 97.6 Å². The fourth-order valence-corrected chi connectivity index (χ4v) is 4.28. The first kappa shape index (κ1) is 20.5. The fraction of sp³-hybridized carbons (Fsp3) is 0.579. The normalized spacial score (nSPS) is 15.3. The number of piperidine rings is 1. The highest BCUT2D eigenvalue weighted by Gasteiger charge is 2.26. The summed E-state index contributed by atoms with van der Waals surface area (Å²) in [4.78, 5) is 29.6. The molecule has 2 heterocycles. The van der Waals surface area contributed by atoms with Gasteiger partial charge in [-0.05, 0) is 39.2 Å². The summed E-state index contributed by atoms with van der Waals surface area (Å²) >= 11 is 1.46. The minimum Gasteiger partial charge on any atom is -0.379 e. The first-order valence-electron chi connectivity index (χ1n) is 9.63. The summed E-state index contributed by atoms with van der Waals surface area (Å²) in [5.41, 5.74) is 0.853. The Bertz CT molecular complexity index is 830. The number of hydrogen-bond acceptors (Lipinski definition) is 7. The number of nitrogens with one attached hydrogen (secondary N) is 1. The fourth-order valence-electron chi connectivity index (χ4n) is 3.23. The molecule has 1 saturated heterocycles. The maximum absolute atomic E-state index is 12.3. The molecule has 28 heavy (non-hydrogen) atoms. The van der Waals surface area contributed by atoms with Crippen LogP contribution in [0.2, 0.25) is 0 Å². The monoisotopic (exact) mass is 406 g/mol. The van der Waals surface area contributed by atoms with Crippen molar-refractivity contribution >= 4 is 38.3 Å². The van der Waals surface area contributed by atoms with E-state index in [0.29, 0.717) is 13.2 Å². The van der Waals surface area contributed by atoms with Gasteiger partial charge in [0.1, 0.15) is 0 Å². The first-order chi connectivity index (χ1) is 13.4. The molecule has 1 aromatic carbocycles. The van der Waals surface area contributed by atoms with Gasteiger partial charge in [0, 0.05) is 44.3 Å². The smallest absolute Gasteiger partial charge is 0.270 e. The van der Waals surface area contributed by atoms with Crippen LogP contribution in [0.4, 0.5) is 10.8 Å². The van der Waals surface area contributed by atoms with Crippen LogP contribution in [0.25, 0.3) is 10.2 Å². The van der Waals surface area contributed by atoms with Gasteiger partial charge >= 0.3 is 0 Å². The standard InChI is InChI=1S/C19H26N4O4S/c1-13(2)27-11-3-8-20-18(24)14-6-9-22(10-7-14)19-21-16-5-4-15(23(25)26)12-17(16)28-19/h4-5,12-14H,3,6-11H2,1-2H3,(H,20,24). The molecule has 2 aromatic rings. The van der Waals surface area contributed by atoms with Crippen molar-refractivity contribution in [2.75, 3.05) is 31.1 Å². The van der Waals surface area contributed by atoms with E-state index < -0.39 is 4.92 Å². The lowest BCUT2D eigenvalue weighted by atomic mass is 9.96. The minimum absolute atomic E-state index is 0.0257. The molecule has 152 valence electrons. The minimum atomic E-state index is -0.391. The highest BCUT2D eigenvalue weighted by molar-refractivity contribution is 7.22. The maximum Gasteiger partial charge on any atom is 0.270 e. The lowest BCUT2D eigenvalue weighted by Crippen LogP contribution is -2.40. The number of aromatic nitrogens is 1. The molecule has 1 aliphatic rings. The Hall–Kier alpha value is -2.26. The van der Waals surface area contributed by atoms with Gasteiger partial charge in [0.25, 0.3) is 5.69 Å². The second kappa shape index (κ2) is 9.29. The average molecular weight is 407 g/mol. The largest absolute Gasteiger partial charge is 0.379 e. The second-order valence-electron chi connectivity index (χ2n) is 7.23. The SMILES string of the molecule is CC(C)OCCCNC(=O)C1CCN(c2nc3ccc([N+](=O)[O-])cc3s2)CC1. The number of thiazole rings is 1. The van der Waals surface area contributed by atoms with Gasteiger partial charge in [0.2, 0.25) is 5.91 Å². The zero-order valence-electron chi connectivity index (χ0n) is 16.2. The van der Waals surface area contributed by atoms with Crippen molar-refractivity contribution in [1.82, 2.24) is 10.3 Å². The Morgan fingerprint density at radius 2 is 2.18 bits per heavy atom. The van der Waals surface area contributed by atoms with Crippen molar-refractivity contribution in [1.29, 1.82) is 0 Å². The molecular formula is C19H26N4O4S. The van der Waals surface area contributed by atoms with Crippen molar-refractivity contribution < 1.29 is 14.5 Å². The van der Waals surface area contributed by atoms with Gasteiger partial charge in [-0.2, -0.15) is 0 Å². The van der Waals surface area contributed by atoms with Crippen LogP contribution in [0.3, 0.4) is 0 Å². The lowest BCUT2D eigenvalue weighted by Gasteiger charge is -2.31. The summed E-state index contributed by atoms with van der Waals surface area (Å²) in [6.07, 6.45) is 2.60. The molecular weight excluding hydrogens is 380 g/mol. The number of amides is 1. The molecule has 1 fully saturated rings. The van der Waals surface area contributed by atoms with Gasteiger partial charge in [-0.3, -0.25) is 14.9 Å². The third-order valence-corrected chi connectivity index (χ3v) is 5.86. The summed E-state index contributed by atoms with van der Waals surface area (Å²) in [5, 5.41) is 14.8. The molecule has 1 aliphatic heterocycles. The number of non-ortho nitro benzene ring substituents is 1. The van der Waals surface area contributed by atoms with E-state index in [1.807, 2.05) is 13.8 Å². The Labute approximate surface area is 168 Å². The van der Waals surface area contributed by atoms with Crippen molar-refractivity contribution in [3.8, 4) is 0 Å². The van der Waals surface area contributed by atoms with Crippen molar-refractivity contribution in [3.63, 3.8) is 0 Å². The average Bonchev–Trinajstić information content (AvgIpc) is 3.10. The van der Waals surface area contributed by atoms with E-state index in [9.17, 15) is 14.9 Å². The van der Waals surface area contributed by atoms with Crippen LogP contribution in [0.1, 0.15) is 33.1 Å². The maximum atomic E-state index is 12.3. The Balaban J connectivity index is 1.49. The molecule has 0 radical (unpaired) electrons. The number of carbonyl (C=O) groups is 1. The Morgan fingerprint density at radius 3 is 2.86 bits per heavy atom. The summed E-state index contributed by atoms with van der Waals surface area (Å²) in [7, 11) is 0. The summed E-state index contributed by atoms with van der Waals surface area (Å²) in [5.74, 6) is 0.141. The molecule has 0 spiro atoms. The number of anilines is 1. The van der Waals surface area contributed by atoms with Gasteiger partial charge in [0.15, 0.2) is 5.13 Å². The Kier molecular flexibility index (Phi) is 6.79. The molecule has 8 nitrogen and oxygen atoms in total. The van der Waals surface area contributed by atoms with Gasteiger partial charge in [-0.1, -0.05) is 11.3 Å². The summed E-state index contributed by atoms with van der Waals surface area (Å²) in [6, 6.07) is 4.74. The second-order valence-corrected chi connectivity index (χ2v) is 8.24. The molecule has 9 heteroatoms. The highest BCUT2D eigenvalue weighted by atomic mass is 32.1. The van der Waals surface area contributed by atoms with Gasteiger partial charge in [0.05, 0.1) is 21.2 Å². The van der Waals surface area contributed by atoms with Crippen LogP contribution in [0.5, 0.6) is 0 Å². The predicted molar refractivity (Wildman–Crippen MR) is 110 cm³/mol. The molecule has 0 bridgehead atoms. The molecule has 0 unspecified atom stereocenters. The molecule has 0 aliphatic carbocycles. The molecule has 0 saturated carbocycles. The van der Waals surface area contributed by atoms with Crippen molar-refractivity contribution in [2.45, 2.75) is 39.2 Å². The number of ether oxygens (including phenoxy) is 1. The third kappa shape index (κ3) is 5.17. The van der Waals surface area contributed by atoms with E-state index in [1.165, 1.54) is 17.4 Å². The van der Waals surface area contributed by atoms with Gasteiger partial charge < -0.3 is 15.0 Å². The van der Waals surface area contributed by atoms with Crippen LogP contribution in [0.15, 0.2) is 18.2 Å². The van der Waals surface area contributed by atoms with Crippen LogP contribution < -0.4 is 10.2 Å². The molecule has 0 atom stereocenters. The van der Waals surface area contributed by atoms with E-state index in [4.69, 9.17) is 4.74 Å². The number of nitro benzene ring substituents is 1. The van der Waals surface area contributed by atoms with Gasteiger partial charge in [-0.25, -0.2) is 4.98 Å². The van der Waals surface area contributed by atoms with E-state index in [2.05, 4.69) is 15.2 Å². The van der Waals surface area contributed by atoms with E-state index in [-0.39, 0.29) is 23.6 Å². The zero-order chi connectivity index (χ0) is 20.1. The number of fused-ring (bicyclic) bond motifs is 1. The quantitative estimate of drug-likeness (QED) is 0.410. The number of hydrogen-bond donors (Lipinski definition) is 1. The van der Waals surface area contributed by atoms with Crippen molar-refractivity contribution in [3.05, 3.63) is 28.3 Å². The predicted octanol–water partition coefficient (Wildman–Crippen LogP) is 3.35. The number of nitrogens with zero attached hydrogens (tertiary/aromatic N) is 3. The van der Waals surface area contributed by atoms with Crippen LogP contribution in [-0.4, -0.2) is 48.2 Å².